The maximum Gasteiger partial charge on any atom is 0.223 e. The summed E-state index contributed by atoms with van der Waals surface area (Å²) < 4.78 is 0. The van der Waals surface area contributed by atoms with E-state index in [4.69, 9.17) is 16.9 Å². The predicted molar refractivity (Wildman–Crippen MR) is 130 cm³/mol. The van der Waals surface area contributed by atoms with E-state index in [0.29, 0.717) is 17.0 Å². The Hall–Kier alpha value is -2.87. The first kappa shape index (κ1) is 22.3. The Kier molecular flexibility index (Phi) is 6.50. The molecule has 1 amide bonds. The fraction of sp³-hybridized carbons (Fsp3) is 0.333. The molecule has 1 atom stereocenters. The molecule has 1 N–H and O–H groups in total. The third-order valence-corrected chi connectivity index (χ3v) is 7.18. The first-order chi connectivity index (χ1) is 15.4. The number of carbonyl (C=O) groups excluding carboxylic acids is 1. The minimum absolute atomic E-state index is 0.106. The van der Waals surface area contributed by atoms with Crippen LogP contribution in [0.2, 0.25) is 5.02 Å². The van der Waals surface area contributed by atoms with E-state index in [2.05, 4.69) is 24.4 Å². The van der Waals surface area contributed by atoms with Gasteiger partial charge in [0.2, 0.25) is 5.91 Å². The van der Waals surface area contributed by atoms with Gasteiger partial charge in [-0.15, -0.1) is 0 Å². The van der Waals surface area contributed by atoms with Crippen molar-refractivity contribution >= 4 is 28.3 Å². The Labute approximate surface area is 194 Å². The van der Waals surface area contributed by atoms with Crippen LogP contribution in [0.4, 0.5) is 0 Å². The van der Waals surface area contributed by atoms with Gasteiger partial charge in [0.1, 0.15) is 0 Å². The van der Waals surface area contributed by atoms with Gasteiger partial charge in [-0.3, -0.25) is 4.79 Å². The quantitative estimate of drug-likeness (QED) is 0.556. The molecule has 0 saturated carbocycles. The summed E-state index contributed by atoms with van der Waals surface area (Å²) in [5.41, 5.74) is 2.62. The van der Waals surface area contributed by atoms with E-state index in [1.807, 2.05) is 66.5 Å². The van der Waals surface area contributed by atoms with E-state index >= 15 is 0 Å². The van der Waals surface area contributed by atoms with Crippen molar-refractivity contribution in [1.82, 2.24) is 10.2 Å². The SMILES string of the molecule is CC(c1cc(Cl)cc2ccccc12)N(C)C(=O)CC1(c2ccc(C#N)cc2)CCNCC1. The van der Waals surface area contributed by atoms with Crippen molar-refractivity contribution < 1.29 is 4.79 Å². The Morgan fingerprint density at radius 2 is 1.84 bits per heavy atom. The molecule has 4 rings (SSSR count). The number of amides is 1. The van der Waals surface area contributed by atoms with Crippen LogP contribution >= 0.6 is 11.6 Å². The molecule has 3 aromatic carbocycles. The minimum atomic E-state index is -0.222. The number of nitrogens with zero attached hydrogens (tertiary/aromatic N) is 2. The average Bonchev–Trinajstić information content (AvgIpc) is 2.83. The third kappa shape index (κ3) is 4.37. The van der Waals surface area contributed by atoms with Crippen LogP contribution in [0.25, 0.3) is 10.8 Å². The van der Waals surface area contributed by atoms with Gasteiger partial charge in [0.25, 0.3) is 0 Å². The van der Waals surface area contributed by atoms with Crippen molar-refractivity contribution in [3.05, 3.63) is 82.4 Å². The predicted octanol–water partition coefficient (Wildman–Crippen LogP) is 5.60. The van der Waals surface area contributed by atoms with E-state index in [1.54, 1.807) is 0 Å². The number of nitriles is 1. The van der Waals surface area contributed by atoms with Crippen LogP contribution in [0.5, 0.6) is 0 Å². The fourth-order valence-corrected chi connectivity index (χ4v) is 5.09. The van der Waals surface area contributed by atoms with Crippen molar-refractivity contribution in [3.8, 4) is 6.07 Å². The molecule has 3 aromatic rings. The third-order valence-electron chi connectivity index (χ3n) is 6.96. The molecule has 0 aliphatic carbocycles. The molecule has 0 aromatic heterocycles. The van der Waals surface area contributed by atoms with E-state index in [1.165, 1.54) is 0 Å². The topological polar surface area (TPSA) is 56.1 Å². The number of benzene rings is 3. The highest BCUT2D eigenvalue weighted by Crippen LogP contribution is 2.39. The Morgan fingerprint density at radius 1 is 1.16 bits per heavy atom. The molecule has 5 heteroatoms. The van der Waals surface area contributed by atoms with E-state index in [9.17, 15) is 4.79 Å². The Morgan fingerprint density at radius 3 is 2.53 bits per heavy atom. The molecule has 0 spiro atoms. The second kappa shape index (κ2) is 9.32. The molecule has 0 bridgehead atoms. The summed E-state index contributed by atoms with van der Waals surface area (Å²) in [4.78, 5) is 15.4. The lowest BCUT2D eigenvalue weighted by Crippen LogP contribution is -2.44. The maximum absolute atomic E-state index is 13.6. The van der Waals surface area contributed by atoms with E-state index in [-0.39, 0.29) is 17.4 Å². The molecule has 164 valence electrons. The standard InChI is InChI=1S/C27H28ClN3O/c1-19(25-16-23(28)15-21-5-3-4-6-24(21)25)31(2)26(32)17-27(11-13-30-14-12-27)22-9-7-20(18-29)8-10-22/h3-10,15-16,19,30H,11-14,17H2,1-2H3. The fourth-order valence-electron chi connectivity index (χ4n) is 4.86. The van der Waals surface area contributed by atoms with Gasteiger partial charge >= 0.3 is 0 Å². The number of hydrogen-bond donors (Lipinski definition) is 1. The maximum atomic E-state index is 13.6. The molecule has 1 saturated heterocycles. The van der Waals surface area contributed by atoms with Crippen LogP contribution in [0.1, 0.15) is 48.9 Å². The van der Waals surface area contributed by atoms with Crippen molar-refractivity contribution in [3.63, 3.8) is 0 Å². The first-order valence-electron chi connectivity index (χ1n) is 11.1. The number of piperidine rings is 1. The van der Waals surface area contributed by atoms with Crippen LogP contribution in [-0.2, 0) is 10.2 Å². The summed E-state index contributed by atoms with van der Waals surface area (Å²) in [6.07, 6.45) is 2.24. The van der Waals surface area contributed by atoms with Gasteiger partial charge in [0.05, 0.1) is 17.7 Å². The molecule has 1 aliphatic rings. The van der Waals surface area contributed by atoms with Crippen molar-refractivity contribution in [2.24, 2.45) is 0 Å². The molecule has 0 radical (unpaired) electrons. The normalized spacial score (nSPS) is 16.3. The summed E-state index contributed by atoms with van der Waals surface area (Å²) in [6.45, 7) is 3.82. The molecule has 4 nitrogen and oxygen atoms in total. The smallest absolute Gasteiger partial charge is 0.223 e. The molecule has 32 heavy (non-hydrogen) atoms. The molecule has 1 aliphatic heterocycles. The number of carbonyl (C=O) groups is 1. The Balaban J connectivity index is 1.62. The highest BCUT2D eigenvalue weighted by atomic mass is 35.5. The van der Waals surface area contributed by atoms with E-state index in [0.717, 1.165) is 47.8 Å². The zero-order valence-electron chi connectivity index (χ0n) is 18.6. The summed E-state index contributed by atoms with van der Waals surface area (Å²) in [5, 5.41) is 15.4. The zero-order valence-corrected chi connectivity index (χ0v) is 19.3. The Bertz CT molecular complexity index is 1160. The van der Waals surface area contributed by atoms with Crippen LogP contribution < -0.4 is 5.32 Å². The second-order valence-electron chi connectivity index (χ2n) is 8.79. The van der Waals surface area contributed by atoms with Gasteiger partial charge in [-0.05, 0) is 79.0 Å². The van der Waals surface area contributed by atoms with Crippen molar-refractivity contribution in [2.45, 2.75) is 37.6 Å². The summed E-state index contributed by atoms with van der Waals surface area (Å²) in [6, 6.07) is 21.9. The van der Waals surface area contributed by atoms with Gasteiger partial charge in [0, 0.05) is 23.9 Å². The van der Waals surface area contributed by atoms with Crippen LogP contribution in [0.15, 0.2) is 60.7 Å². The average molecular weight is 446 g/mol. The second-order valence-corrected chi connectivity index (χ2v) is 9.23. The van der Waals surface area contributed by atoms with Gasteiger partial charge in [-0.1, -0.05) is 48.0 Å². The molecule has 1 unspecified atom stereocenters. The zero-order chi connectivity index (χ0) is 22.7. The van der Waals surface area contributed by atoms with Gasteiger partial charge in [-0.25, -0.2) is 0 Å². The molecular formula is C27H28ClN3O. The van der Waals surface area contributed by atoms with Crippen LogP contribution in [0.3, 0.4) is 0 Å². The number of nitrogens with one attached hydrogen (secondary N) is 1. The lowest BCUT2D eigenvalue weighted by atomic mass is 9.70. The van der Waals surface area contributed by atoms with Crippen molar-refractivity contribution in [1.29, 1.82) is 5.26 Å². The van der Waals surface area contributed by atoms with Gasteiger partial charge in [0.15, 0.2) is 0 Å². The van der Waals surface area contributed by atoms with Gasteiger partial charge < -0.3 is 10.2 Å². The number of halogens is 1. The van der Waals surface area contributed by atoms with Crippen molar-refractivity contribution in [2.75, 3.05) is 20.1 Å². The lowest BCUT2D eigenvalue weighted by Gasteiger charge is -2.39. The molecule has 1 fully saturated rings. The minimum Gasteiger partial charge on any atom is -0.339 e. The number of rotatable bonds is 5. The number of hydrogen-bond acceptors (Lipinski definition) is 3. The van der Waals surface area contributed by atoms with E-state index < -0.39 is 0 Å². The van der Waals surface area contributed by atoms with Gasteiger partial charge in [-0.2, -0.15) is 5.26 Å². The molecule has 1 heterocycles. The summed E-state index contributed by atoms with van der Waals surface area (Å²) in [5.74, 6) is 0.118. The first-order valence-corrected chi connectivity index (χ1v) is 11.5. The largest absolute Gasteiger partial charge is 0.339 e. The molecular weight excluding hydrogens is 418 g/mol. The lowest BCUT2D eigenvalue weighted by molar-refractivity contribution is -0.133. The number of fused-ring (bicyclic) bond motifs is 1. The highest BCUT2D eigenvalue weighted by molar-refractivity contribution is 6.31. The summed E-state index contributed by atoms with van der Waals surface area (Å²) >= 11 is 6.40. The van der Waals surface area contributed by atoms with Crippen LogP contribution in [-0.4, -0.2) is 30.9 Å². The van der Waals surface area contributed by atoms with Crippen LogP contribution in [0, 0.1) is 11.3 Å². The highest BCUT2D eigenvalue weighted by Gasteiger charge is 2.37. The monoisotopic (exact) mass is 445 g/mol. The summed E-state index contributed by atoms with van der Waals surface area (Å²) in [7, 11) is 1.89.